The fourth-order valence-electron chi connectivity index (χ4n) is 3.47. The van der Waals surface area contributed by atoms with Crippen molar-refractivity contribution in [1.82, 2.24) is 20.4 Å². The van der Waals surface area contributed by atoms with Crippen LogP contribution in [-0.4, -0.2) is 26.9 Å². The molecule has 2 heterocycles. The fourth-order valence-corrected chi connectivity index (χ4v) is 3.74. The van der Waals surface area contributed by atoms with Gasteiger partial charge >= 0.3 is 0 Å². The molecule has 0 amide bonds. The molecule has 2 aromatic heterocycles. The van der Waals surface area contributed by atoms with Gasteiger partial charge in [-0.15, -0.1) is 0 Å². The Morgan fingerprint density at radius 2 is 1.94 bits per heavy atom. The van der Waals surface area contributed by atoms with Crippen LogP contribution in [0.2, 0.25) is 5.02 Å². The van der Waals surface area contributed by atoms with E-state index in [4.69, 9.17) is 11.6 Å². The average molecular weight is 464 g/mol. The highest BCUT2D eigenvalue weighted by atomic mass is 35.5. The average Bonchev–Trinajstić information content (AvgIpc) is 3.30. The second kappa shape index (κ2) is 9.04. The molecule has 0 bridgehead atoms. The van der Waals surface area contributed by atoms with E-state index in [1.54, 1.807) is 24.4 Å². The number of pyridine rings is 1. The first-order chi connectivity index (χ1) is 15.7. The quantitative estimate of drug-likeness (QED) is 0.340. The lowest BCUT2D eigenvalue weighted by atomic mass is 9.96. The minimum absolute atomic E-state index is 0.00258. The number of nitriles is 1. The summed E-state index contributed by atoms with van der Waals surface area (Å²) in [6.07, 6.45) is 3.14. The van der Waals surface area contributed by atoms with E-state index >= 15 is 0 Å². The number of aromatic amines is 1. The fraction of sp³-hybridized carbons (Fsp3) is 0.250. The van der Waals surface area contributed by atoms with Crippen molar-refractivity contribution in [2.45, 2.75) is 26.8 Å². The van der Waals surface area contributed by atoms with Gasteiger partial charge in [-0.05, 0) is 35.2 Å². The molecule has 0 spiro atoms. The molecule has 0 aliphatic heterocycles. The van der Waals surface area contributed by atoms with Gasteiger partial charge in [-0.2, -0.15) is 20.7 Å². The number of nitrogens with zero attached hydrogens (tertiary/aromatic N) is 4. The van der Waals surface area contributed by atoms with Crippen molar-refractivity contribution < 1.29 is 4.39 Å². The second-order valence-corrected chi connectivity index (χ2v) is 9.36. The Labute approximate surface area is 196 Å². The van der Waals surface area contributed by atoms with Gasteiger partial charge in [-0.1, -0.05) is 44.5 Å². The van der Waals surface area contributed by atoms with Crippen molar-refractivity contribution in [3.8, 4) is 6.07 Å². The Bertz CT molecular complexity index is 1310. The highest BCUT2D eigenvalue weighted by Crippen LogP contribution is 2.35. The molecule has 0 fully saturated rings. The molecule has 7 nitrogen and oxygen atoms in total. The first kappa shape index (κ1) is 22.5. The minimum Gasteiger partial charge on any atom is -0.383 e. The van der Waals surface area contributed by atoms with Gasteiger partial charge in [0.15, 0.2) is 0 Å². The van der Waals surface area contributed by atoms with Gasteiger partial charge in [0.2, 0.25) is 0 Å². The lowest BCUT2D eigenvalue weighted by Crippen LogP contribution is -2.20. The van der Waals surface area contributed by atoms with E-state index in [2.05, 4.69) is 57.9 Å². The van der Waals surface area contributed by atoms with Gasteiger partial charge in [0, 0.05) is 23.8 Å². The summed E-state index contributed by atoms with van der Waals surface area (Å²) in [5.74, 6) is -0.323. The summed E-state index contributed by atoms with van der Waals surface area (Å²) < 4.78 is 13.5. The topological polar surface area (TPSA) is 102 Å². The molecular weight excluding hydrogens is 441 g/mol. The molecule has 2 aromatic carbocycles. The molecule has 3 N–H and O–H groups in total. The number of anilines is 2. The Balaban J connectivity index is 1.79. The van der Waals surface area contributed by atoms with Gasteiger partial charge in [0.05, 0.1) is 34.0 Å². The Kier molecular flexibility index (Phi) is 6.16. The van der Waals surface area contributed by atoms with E-state index in [0.717, 1.165) is 10.9 Å². The summed E-state index contributed by atoms with van der Waals surface area (Å²) >= 11 is 6.60. The third kappa shape index (κ3) is 5.04. The zero-order chi connectivity index (χ0) is 23.6. The van der Waals surface area contributed by atoms with E-state index in [1.165, 1.54) is 18.3 Å². The van der Waals surface area contributed by atoms with Gasteiger partial charge in [-0.25, -0.2) is 4.39 Å². The predicted octanol–water partition coefficient (Wildman–Crippen LogP) is 5.68. The maximum atomic E-state index is 13.5. The van der Waals surface area contributed by atoms with Crippen molar-refractivity contribution in [2.24, 2.45) is 5.41 Å². The Hall–Kier alpha value is -3.70. The first-order valence-electron chi connectivity index (χ1n) is 10.4. The van der Waals surface area contributed by atoms with Crippen LogP contribution in [0, 0.1) is 22.6 Å². The van der Waals surface area contributed by atoms with Crippen LogP contribution in [0.25, 0.3) is 10.9 Å². The van der Waals surface area contributed by atoms with Crippen molar-refractivity contribution in [2.75, 3.05) is 17.2 Å². The van der Waals surface area contributed by atoms with Gasteiger partial charge in [0.25, 0.3) is 0 Å². The molecule has 0 saturated carbocycles. The predicted molar refractivity (Wildman–Crippen MR) is 128 cm³/mol. The van der Waals surface area contributed by atoms with E-state index in [0.29, 0.717) is 39.7 Å². The molecule has 9 heteroatoms. The smallest absolute Gasteiger partial charge is 0.123 e. The maximum absolute atomic E-state index is 13.5. The van der Waals surface area contributed by atoms with Crippen molar-refractivity contribution in [1.29, 1.82) is 5.26 Å². The van der Waals surface area contributed by atoms with Crippen LogP contribution >= 0.6 is 11.6 Å². The number of nitrogens with one attached hydrogen (secondary N) is 3. The highest BCUT2D eigenvalue weighted by molar-refractivity contribution is 6.35. The molecule has 1 atom stereocenters. The molecule has 0 radical (unpaired) electrons. The third-order valence-electron chi connectivity index (χ3n) is 5.08. The molecule has 0 unspecified atom stereocenters. The van der Waals surface area contributed by atoms with Crippen molar-refractivity contribution in [3.63, 3.8) is 0 Å². The summed E-state index contributed by atoms with van der Waals surface area (Å²) in [5, 5.41) is 28.4. The molecular formula is C24H23ClFN7. The lowest BCUT2D eigenvalue weighted by Gasteiger charge is -2.22. The summed E-state index contributed by atoms with van der Waals surface area (Å²) in [7, 11) is 0. The SMILES string of the molecule is CC(C)(C)CNc1c(C#N)cnc2c(Cl)cc(N[C@@H](c3ccc(F)cc3)c3cn[nH]n3)cc12. The standard InChI is InChI=1S/C24H23ClFN7/c1-24(2,3)13-29-21-15(10-27)11-28-23-18(21)8-17(9-19(23)25)31-22(20-12-30-33-32-20)14-4-6-16(26)7-5-14/h4-9,11-12,22,31H,13H2,1-3H3,(H,28,29)(H,30,32,33)/t22-/m0/s1. The number of benzene rings is 2. The molecule has 4 rings (SSSR count). The largest absolute Gasteiger partial charge is 0.383 e. The van der Waals surface area contributed by atoms with Gasteiger partial charge in [-0.3, -0.25) is 4.98 Å². The molecule has 4 aromatic rings. The number of hydrogen-bond donors (Lipinski definition) is 3. The lowest BCUT2D eigenvalue weighted by molar-refractivity contribution is 0.443. The van der Waals surface area contributed by atoms with E-state index in [1.807, 2.05) is 6.07 Å². The number of fused-ring (bicyclic) bond motifs is 1. The van der Waals surface area contributed by atoms with E-state index in [9.17, 15) is 9.65 Å². The number of rotatable bonds is 6. The molecule has 168 valence electrons. The number of aromatic nitrogens is 4. The van der Waals surface area contributed by atoms with Crippen LogP contribution in [0.3, 0.4) is 0 Å². The summed E-state index contributed by atoms with van der Waals surface area (Å²) in [6.45, 7) is 7.00. The third-order valence-corrected chi connectivity index (χ3v) is 5.37. The number of hydrogen-bond acceptors (Lipinski definition) is 6. The summed E-state index contributed by atoms with van der Waals surface area (Å²) in [5.41, 5.74) is 3.85. The van der Waals surface area contributed by atoms with Crippen LogP contribution in [0.15, 0.2) is 48.8 Å². The first-order valence-corrected chi connectivity index (χ1v) is 10.8. The molecule has 0 saturated heterocycles. The van der Waals surface area contributed by atoms with E-state index in [-0.39, 0.29) is 11.2 Å². The minimum atomic E-state index is -0.407. The van der Waals surface area contributed by atoms with Gasteiger partial charge < -0.3 is 10.6 Å². The second-order valence-electron chi connectivity index (χ2n) is 8.95. The maximum Gasteiger partial charge on any atom is 0.123 e. The van der Waals surface area contributed by atoms with Crippen LogP contribution in [-0.2, 0) is 0 Å². The molecule has 0 aliphatic carbocycles. The Morgan fingerprint density at radius 3 is 2.58 bits per heavy atom. The van der Waals surface area contributed by atoms with Crippen LogP contribution < -0.4 is 10.6 Å². The molecule has 0 aliphatic rings. The zero-order valence-corrected chi connectivity index (χ0v) is 19.2. The van der Waals surface area contributed by atoms with Gasteiger partial charge in [0.1, 0.15) is 17.6 Å². The number of halogens is 2. The van der Waals surface area contributed by atoms with Crippen LogP contribution in [0.5, 0.6) is 0 Å². The van der Waals surface area contributed by atoms with Crippen molar-refractivity contribution in [3.05, 3.63) is 76.5 Å². The molecule has 33 heavy (non-hydrogen) atoms. The van der Waals surface area contributed by atoms with E-state index < -0.39 is 6.04 Å². The summed E-state index contributed by atoms with van der Waals surface area (Å²) in [4.78, 5) is 4.40. The van der Waals surface area contributed by atoms with Crippen molar-refractivity contribution >= 4 is 33.9 Å². The normalized spacial score (nSPS) is 12.4. The zero-order valence-electron chi connectivity index (χ0n) is 18.4. The monoisotopic (exact) mass is 463 g/mol. The van der Waals surface area contributed by atoms with Crippen LogP contribution in [0.4, 0.5) is 15.8 Å². The van der Waals surface area contributed by atoms with Crippen LogP contribution in [0.1, 0.15) is 43.6 Å². The summed E-state index contributed by atoms with van der Waals surface area (Å²) in [6, 6.07) is 11.7. The highest BCUT2D eigenvalue weighted by Gasteiger charge is 2.20. The number of H-pyrrole nitrogens is 1. The Morgan fingerprint density at radius 1 is 1.18 bits per heavy atom.